The molecular formula is C30H32FN3O5. The van der Waals surface area contributed by atoms with Gasteiger partial charge in [-0.25, -0.2) is 14.2 Å². The van der Waals surface area contributed by atoms with Gasteiger partial charge in [0.15, 0.2) is 0 Å². The van der Waals surface area contributed by atoms with Gasteiger partial charge in [0.1, 0.15) is 35.1 Å². The Morgan fingerprint density at radius 2 is 1.87 bits per heavy atom. The van der Waals surface area contributed by atoms with Crippen molar-refractivity contribution >= 4 is 17.7 Å². The van der Waals surface area contributed by atoms with Gasteiger partial charge in [0.25, 0.3) is 0 Å². The Morgan fingerprint density at radius 1 is 1.08 bits per heavy atom. The van der Waals surface area contributed by atoms with Crippen molar-refractivity contribution in [3.05, 3.63) is 77.7 Å². The SMILES string of the molecule is CC(C)(C)OC(=O)N1CCCC1C(=O)Nc1ccc(Oc2ccc3c(c2)CC[C@@H](c2ccc(F)cc2)O3)nc1. The number of hydrogen-bond acceptors (Lipinski definition) is 6. The first kappa shape index (κ1) is 26.5. The number of carbonyl (C=O) groups excluding carboxylic acids is 2. The number of aromatic nitrogens is 1. The topological polar surface area (TPSA) is 90.0 Å². The van der Waals surface area contributed by atoms with E-state index < -0.39 is 17.7 Å². The fraction of sp³-hybridized carbons (Fsp3) is 0.367. The van der Waals surface area contributed by atoms with Crippen LogP contribution in [0.3, 0.4) is 0 Å². The zero-order valence-corrected chi connectivity index (χ0v) is 22.3. The molecule has 3 aromatic rings. The second kappa shape index (κ2) is 10.9. The van der Waals surface area contributed by atoms with E-state index in [2.05, 4.69) is 10.3 Å². The molecule has 0 spiro atoms. The van der Waals surface area contributed by atoms with Gasteiger partial charge in [0.2, 0.25) is 11.8 Å². The lowest BCUT2D eigenvalue weighted by Crippen LogP contribution is -2.45. The average molecular weight is 534 g/mol. The average Bonchev–Trinajstić information content (AvgIpc) is 3.40. The summed E-state index contributed by atoms with van der Waals surface area (Å²) < 4.78 is 30.8. The minimum atomic E-state index is -0.627. The van der Waals surface area contributed by atoms with E-state index in [1.54, 1.807) is 45.0 Å². The van der Waals surface area contributed by atoms with Crippen LogP contribution in [0, 0.1) is 5.82 Å². The number of nitrogens with zero attached hydrogens (tertiary/aromatic N) is 2. The summed E-state index contributed by atoms with van der Waals surface area (Å²) in [6.45, 7) is 5.88. The lowest BCUT2D eigenvalue weighted by atomic mass is 9.97. The molecule has 2 aromatic carbocycles. The van der Waals surface area contributed by atoms with Gasteiger partial charge in [-0.2, -0.15) is 0 Å². The van der Waals surface area contributed by atoms with Crippen LogP contribution in [0.5, 0.6) is 17.4 Å². The Kier molecular flexibility index (Phi) is 7.41. The van der Waals surface area contributed by atoms with Crippen molar-refractivity contribution in [2.24, 2.45) is 0 Å². The van der Waals surface area contributed by atoms with Gasteiger partial charge in [-0.1, -0.05) is 12.1 Å². The van der Waals surface area contributed by atoms with Crippen molar-refractivity contribution in [2.45, 2.75) is 64.2 Å². The van der Waals surface area contributed by atoms with Crippen LogP contribution in [0.1, 0.15) is 57.3 Å². The summed E-state index contributed by atoms with van der Waals surface area (Å²) >= 11 is 0. The van der Waals surface area contributed by atoms with Gasteiger partial charge in [0, 0.05) is 12.6 Å². The minimum Gasteiger partial charge on any atom is -0.485 e. The first-order valence-electron chi connectivity index (χ1n) is 13.1. The summed E-state index contributed by atoms with van der Waals surface area (Å²) in [5.41, 5.74) is 1.86. The van der Waals surface area contributed by atoms with Gasteiger partial charge in [0.05, 0.1) is 11.9 Å². The van der Waals surface area contributed by atoms with E-state index in [1.165, 1.54) is 23.2 Å². The number of pyridine rings is 1. The van der Waals surface area contributed by atoms with E-state index in [-0.39, 0.29) is 17.8 Å². The maximum absolute atomic E-state index is 13.2. The Bertz CT molecular complexity index is 1340. The largest absolute Gasteiger partial charge is 0.485 e. The Morgan fingerprint density at radius 3 is 2.59 bits per heavy atom. The van der Waals surface area contributed by atoms with E-state index in [0.29, 0.717) is 30.3 Å². The van der Waals surface area contributed by atoms with Crippen molar-refractivity contribution in [2.75, 3.05) is 11.9 Å². The van der Waals surface area contributed by atoms with E-state index in [9.17, 15) is 14.0 Å². The molecular weight excluding hydrogens is 501 g/mol. The summed E-state index contributed by atoms with van der Waals surface area (Å²) in [5.74, 6) is 1.24. The summed E-state index contributed by atoms with van der Waals surface area (Å²) in [5, 5.41) is 2.84. The number of carbonyl (C=O) groups is 2. The number of rotatable bonds is 5. The van der Waals surface area contributed by atoms with E-state index in [0.717, 1.165) is 36.1 Å². The molecule has 0 saturated carbocycles. The number of anilines is 1. The molecule has 1 unspecified atom stereocenters. The van der Waals surface area contributed by atoms with Gasteiger partial charge in [-0.3, -0.25) is 9.69 Å². The number of halogens is 1. The molecule has 1 saturated heterocycles. The molecule has 8 nitrogen and oxygen atoms in total. The molecule has 1 N–H and O–H groups in total. The Labute approximate surface area is 227 Å². The number of ether oxygens (including phenoxy) is 3. The van der Waals surface area contributed by atoms with Crippen molar-refractivity contribution in [3.8, 4) is 17.4 Å². The van der Waals surface area contributed by atoms with E-state index in [1.807, 2.05) is 18.2 Å². The fourth-order valence-corrected chi connectivity index (χ4v) is 4.78. The molecule has 39 heavy (non-hydrogen) atoms. The monoisotopic (exact) mass is 533 g/mol. The van der Waals surface area contributed by atoms with E-state index >= 15 is 0 Å². The van der Waals surface area contributed by atoms with Crippen LogP contribution in [-0.4, -0.2) is 40.1 Å². The van der Waals surface area contributed by atoms with Crippen LogP contribution in [0.2, 0.25) is 0 Å². The van der Waals surface area contributed by atoms with Crippen LogP contribution in [0.25, 0.3) is 0 Å². The molecule has 0 aliphatic carbocycles. The van der Waals surface area contributed by atoms with Crippen LogP contribution >= 0.6 is 0 Å². The minimum absolute atomic E-state index is 0.116. The van der Waals surface area contributed by atoms with Crippen LogP contribution in [0.15, 0.2) is 60.8 Å². The van der Waals surface area contributed by atoms with Crippen molar-refractivity contribution in [3.63, 3.8) is 0 Å². The standard InChI is InChI=1S/C30H32FN3O5/c1-30(2,3)39-29(36)34-16-4-5-24(34)28(35)33-22-11-15-27(32-18-22)37-23-12-14-26-20(17-23)8-13-25(38-26)19-6-9-21(31)10-7-19/h6-7,9-12,14-15,17-18,24-25H,4-5,8,13,16H2,1-3H3,(H,33,35)/t24?,25-/m0/s1. The summed E-state index contributed by atoms with van der Waals surface area (Å²) in [6, 6.07) is 14.8. The maximum Gasteiger partial charge on any atom is 0.410 e. The van der Waals surface area contributed by atoms with Gasteiger partial charge >= 0.3 is 6.09 Å². The summed E-state index contributed by atoms with van der Waals surface area (Å²) in [4.78, 5) is 31.2. The van der Waals surface area contributed by atoms with Gasteiger partial charge in [-0.15, -0.1) is 0 Å². The highest BCUT2D eigenvalue weighted by Gasteiger charge is 2.36. The lowest BCUT2D eigenvalue weighted by molar-refractivity contribution is -0.120. The highest BCUT2D eigenvalue weighted by Crippen LogP contribution is 2.37. The second-order valence-corrected chi connectivity index (χ2v) is 10.8. The predicted octanol–water partition coefficient (Wildman–Crippen LogP) is 6.42. The molecule has 9 heteroatoms. The number of nitrogens with one attached hydrogen (secondary N) is 1. The quantitative estimate of drug-likeness (QED) is 0.407. The molecule has 0 radical (unpaired) electrons. The van der Waals surface area contributed by atoms with Crippen LogP contribution in [-0.2, 0) is 16.0 Å². The molecule has 1 fully saturated rings. The van der Waals surface area contributed by atoms with Gasteiger partial charge < -0.3 is 19.5 Å². The van der Waals surface area contributed by atoms with Crippen molar-refractivity contribution in [1.29, 1.82) is 0 Å². The fourth-order valence-electron chi connectivity index (χ4n) is 4.78. The number of amides is 2. The number of likely N-dealkylation sites (tertiary alicyclic amines) is 1. The number of hydrogen-bond donors (Lipinski definition) is 1. The third kappa shape index (κ3) is 6.47. The lowest BCUT2D eigenvalue weighted by Gasteiger charge is -2.28. The van der Waals surface area contributed by atoms with Crippen molar-refractivity contribution in [1.82, 2.24) is 9.88 Å². The zero-order chi connectivity index (χ0) is 27.6. The second-order valence-electron chi connectivity index (χ2n) is 10.8. The molecule has 2 aliphatic heterocycles. The molecule has 0 bridgehead atoms. The highest BCUT2D eigenvalue weighted by atomic mass is 19.1. The molecule has 2 aliphatic rings. The number of aryl methyl sites for hydroxylation is 1. The zero-order valence-electron chi connectivity index (χ0n) is 22.3. The molecule has 204 valence electrons. The molecule has 5 rings (SSSR count). The third-order valence-electron chi connectivity index (χ3n) is 6.63. The van der Waals surface area contributed by atoms with Crippen molar-refractivity contribution < 1.29 is 28.2 Å². The molecule has 2 amide bonds. The van der Waals surface area contributed by atoms with Gasteiger partial charge in [-0.05, 0) is 94.0 Å². The maximum atomic E-state index is 13.2. The third-order valence-corrected chi connectivity index (χ3v) is 6.63. The summed E-state index contributed by atoms with van der Waals surface area (Å²) in [6.07, 6.45) is 3.82. The Balaban J connectivity index is 1.17. The van der Waals surface area contributed by atoms with Crippen LogP contribution < -0.4 is 14.8 Å². The first-order valence-corrected chi connectivity index (χ1v) is 13.1. The van der Waals surface area contributed by atoms with Crippen LogP contribution in [0.4, 0.5) is 14.9 Å². The molecule has 2 atom stereocenters. The summed E-state index contributed by atoms with van der Waals surface area (Å²) in [7, 11) is 0. The number of fused-ring (bicyclic) bond motifs is 1. The first-order chi connectivity index (χ1) is 18.6. The number of benzene rings is 2. The predicted molar refractivity (Wildman–Crippen MR) is 143 cm³/mol. The normalized spacial score (nSPS) is 18.6. The molecule has 3 heterocycles. The smallest absolute Gasteiger partial charge is 0.410 e. The highest BCUT2D eigenvalue weighted by molar-refractivity contribution is 5.96. The van der Waals surface area contributed by atoms with E-state index in [4.69, 9.17) is 14.2 Å². The Hall–Kier alpha value is -4.14. The molecule has 1 aromatic heterocycles.